The van der Waals surface area contributed by atoms with Gasteiger partial charge >= 0.3 is 0 Å². The number of para-hydroxylation sites is 1. The highest BCUT2D eigenvalue weighted by Crippen LogP contribution is 2.43. The number of allylic oxidation sites excluding steroid dienone is 2. The fourth-order valence-corrected chi connectivity index (χ4v) is 4.71. The van der Waals surface area contributed by atoms with Crippen LogP contribution in [0.3, 0.4) is 0 Å². The molecule has 0 aromatic heterocycles. The molecule has 1 atom stereocenters. The van der Waals surface area contributed by atoms with Crippen molar-refractivity contribution >= 4 is 16.9 Å². The van der Waals surface area contributed by atoms with Gasteiger partial charge in [-0.2, -0.15) is 0 Å². The van der Waals surface area contributed by atoms with E-state index in [9.17, 15) is 10.1 Å². The van der Waals surface area contributed by atoms with E-state index in [1.54, 1.807) is 6.07 Å². The Morgan fingerprint density at radius 1 is 1.17 bits per heavy atom. The predicted molar refractivity (Wildman–Crippen MR) is 121 cm³/mol. The van der Waals surface area contributed by atoms with E-state index in [2.05, 4.69) is 49.6 Å². The van der Waals surface area contributed by atoms with Crippen molar-refractivity contribution in [2.75, 3.05) is 37.6 Å². The van der Waals surface area contributed by atoms with Crippen molar-refractivity contribution in [3.63, 3.8) is 0 Å². The van der Waals surface area contributed by atoms with Crippen molar-refractivity contribution in [3.05, 3.63) is 40.0 Å². The second-order valence-electron chi connectivity index (χ2n) is 9.68. The molecule has 160 valence electrons. The summed E-state index contributed by atoms with van der Waals surface area (Å²) in [5.74, 6) is 0.676. The molecule has 1 aromatic carbocycles. The van der Waals surface area contributed by atoms with Gasteiger partial charge in [-0.3, -0.25) is 15.0 Å². The molecule has 0 amide bonds. The van der Waals surface area contributed by atoms with Crippen LogP contribution in [0.5, 0.6) is 0 Å². The van der Waals surface area contributed by atoms with E-state index in [4.69, 9.17) is 0 Å². The minimum absolute atomic E-state index is 0.205. The maximum atomic E-state index is 11.8. The number of hydrogen-bond acceptors (Lipinski definition) is 4. The second kappa shape index (κ2) is 9.29. The molecule has 1 aromatic rings. The number of hydrogen-bond donors (Lipinski definition) is 0. The predicted octanol–water partition coefficient (Wildman–Crippen LogP) is 5.75. The Labute approximate surface area is 175 Å². The highest BCUT2D eigenvalue weighted by molar-refractivity contribution is 5.83. The first-order valence-corrected chi connectivity index (χ1v) is 11.3. The molecule has 1 heterocycles. The van der Waals surface area contributed by atoms with Gasteiger partial charge < -0.3 is 4.90 Å². The molecule has 5 nitrogen and oxygen atoms in total. The monoisotopic (exact) mass is 399 g/mol. The second-order valence-corrected chi connectivity index (χ2v) is 9.68. The molecule has 1 saturated heterocycles. The summed E-state index contributed by atoms with van der Waals surface area (Å²) in [5, 5.41) is 11.8. The lowest BCUT2D eigenvalue weighted by molar-refractivity contribution is -0.384. The van der Waals surface area contributed by atoms with E-state index in [1.807, 2.05) is 6.07 Å². The number of benzene rings is 1. The van der Waals surface area contributed by atoms with Crippen molar-refractivity contribution in [3.8, 4) is 0 Å². The zero-order chi connectivity index (χ0) is 21.0. The van der Waals surface area contributed by atoms with Crippen LogP contribution in [-0.4, -0.2) is 42.5 Å². The van der Waals surface area contributed by atoms with E-state index in [0.29, 0.717) is 11.3 Å². The Balaban J connectivity index is 1.85. The van der Waals surface area contributed by atoms with Gasteiger partial charge in [0.25, 0.3) is 5.69 Å². The minimum Gasteiger partial charge on any atom is -0.363 e. The Hall–Kier alpha value is -1.88. The first-order valence-electron chi connectivity index (χ1n) is 11.3. The number of unbranched alkanes of at least 4 members (excludes halogenated alkanes) is 1. The molecule has 1 unspecified atom stereocenters. The standard InChI is InChI=1S/C24H37N3O2/c1-5-6-14-25-15-17-26(18-16-25)23-21(8-7-9-22(23)27(28)29)19-10-12-20(13-11-19)24(2,3)4/h7-10,20H,5-6,11-18H2,1-4H3. The van der Waals surface area contributed by atoms with Crippen LogP contribution in [0.25, 0.3) is 5.57 Å². The molecule has 1 fully saturated rings. The van der Waals surface area contributed by atoms with Gasteiger partial charge in [-0.15, -0.1) is 0 Å². The lowest BCUT2D eigenvalue weighted by Crippen LogP contribution is -2.47. The van der Waals surface area contributed by atoms with Gasteiger partial charge in [-0.25, -0.2) is 0 Å². The molecular formula is C24H37N3O2. The van der Waals surface area contributed by atoms with Crippen LogP contribution in [0.2, 0.25) is 0 Å². The van der Waals surface area contributed by atoms with Crippen molar-refractivity contribution in [2.24, 2.45) is 11.3 Å². The maximum absolute atomic E-state index is 11.8. The highest BCUT2D eigenvalue weighted by atomic mass is 16.6. The summed E-state index contributed by atoms with van der Waals surface area (Å²) in [4.78, 5) is 16.4. The van der Waals surface area contributed by atoms with Gasteiger partial charge in [0.15, 0.2) is 0 Å². The Morgan fingerprint density at radius 3 is 2.45 bits per heavy atom. The average molecular weight is 400 g/mol. The summed E-state index contributed by atoms with van der Waals surface area (Å²) in [5.41, 5.74) is 3.77. The van der Waals surface area contributed by atoms with E-state index in [1.165, 1.54) is 18.4 Å². The third kappa shape index (κ3) is 5.19. The Morgan fingerprint density at radius 2 is 1.90 bits per heavy atom. The molecule has 1 aliphatic carbocycles. The van der Waals surface area contributed by atoms with Crippen LogP contribution >= 0.6 is 0 Å². The van der Waals surface area contributed by atoms with Gasteiger partial charge in [0.05, 0.1) is 4.92 Å². The van der Waals surface area contributed by atoms with Gasteiger partial charge in [0.1, 0.15) is 5.69 Å². The van der Waals surface area contributed by atoms with Gasteiger partial charge in [-0.05, 0) is 49.1 Å². The summed E-state index contributed by atoms with van der Waals surface area (Å²) in [7, 11) is 0. The van der Waals surface area contributed by atoms with Crippen molar-refractivity contribution in [1.82, 2.24) is 4.90 Å². The first kappa shape index (κ1) is 21.8. The molecular weight excluding hydrogens is 362 g/mol. The van der Waals surface area contributed by atoms with Crippen molar-refractivity contribution < 1.29 is 4.92 Å². The van der Waals surface area contributed by atoms with Crippen LogP contribution in [0.4, 0.5) is 11.4 Å². The largest absolute Gasteiger partial charge is 0.363 e. The van der Waals surface area contributed by atoms with Crippen molar-refractivity contribution in [1.29, 1.82) is 0 Å². The third-order valence-electron chi connectivity index (χ3n) is 6.71. The summed E-state index contributed by atoms with van der Waals surface area (Å²) in [6.45, 7) is 14.0. The fourth-order valence-electron chi connectivity index (χ4n) is 4.71. The summed E-state index contributed by atoms with van der Waals surface area (Å²) in [6.07, 6.45) is 8.00. The number of nitro groups is 1. The van der Waals surface area contributed by atoms with Crippen molar-refractivity contribution in [2.45, 2.75) is 59.8 Å². The number of nitrogens with zero attached hydrogens (tertiary/aromatic N) is 3. The minimum atomic E-state index is -0.205. The lowest BCUT2D eigenvalue weighted by Gasteiger charge is -2.37. The van der Waals surface area contributed by atoms with Crippen LogP contribution in [0.1, 0.15) is 65.4 Å². The van der Waals surface area contributed by atoms with Gasteiger partial charge in [-0.1, -0.05) is 52.3 Å². The highest BCUT2D eigenvalue weighted by Gasteiger charge is 2.30. The van der Waals surface area contributed by atoms with Crippen LogP contribution < -0.4 is 4.90 Å². The zero-order valence-corrected chi connectivity index (χ0v) is 18.6. The van der Waals surface area contributed by atoms with E-state index < -0.39 is 0 Å². The molecule has 0 N–H and O–H groups in total. The first-order chi connectivity index (χ1) is 13.8. The molecule has 5 heteroatoms. The lowest BCUT2D eigenvalue weighted by atomic mass is 9.72. The topological polar surface area (TPSA) is 49.6 Å². The van der Waals surface area contributed by atoms with E-state index in [0.717, 1.165) is 63.2 Å². The van der Waals surface area contributed by atoms with Gasteiger partial charge in [0, 0.05) is 37.8 Å². The van der Waals surface area contributed by atoms with E-state index in [-0.39, 0.29) is 10.6 Å². The summed E-state index contributed by atoms with van der Waals surface area (Å²) in [6, 6.07) is 5.61. The molecule has 2 aliphatic rings. The third-order valence-corrected chi connectivity index (χ3v) is 6.71. The summed E-state index contributed by atoms with van der Waals surface area (Å²) < 4.78 is 0. The Bertz CT molecular complexity index is 743. The molecule has 3 rings (SSSR count). The molecule has 0 saturated carbocycles. The smallest absolute Gasteiger partial charge is 0.293 e. The molecule has 1 aliphatic heterocycles. The quantitative estimate of drug-likeness (QED) is 0.452. The molecule has 0 spiro atoms. The van der Waals surface area contributed by atoms with Gasteiger partial charge in [0.2, 0.25) is 0 Å². The molecule has 29 heavy (non-hydrogen) atoms. The average Bonchev–Trinajstić information content (AvgIpc) is 2.71. The fraction of sp³-hybridized carbons (Fsp3) is 0.667. The SMILES string of the molecule is CCCCN1CCN(c2c(C3=CCC(C(C)(C)C)CC3)cccc2[N+](=O)[O-])CC1. The van der Waals surface area contributed by atoms with Crippen LogP contribution in [0.15, 0.2) is 24.3 Å². The number of rotatable bonds is 6. The Kier molecular flexibility index (Phi) is 6.99. The number of anilines is 1. The number of piperazine rings is 1. The molecule has 0 radical (unpaired) electrons. The zero-order valence-electron chi connectivity index (χ0n) is 18.6. The molecule has 0 bridgehead atoms. The summed E-state index contributed by atoms with van der Waals surface area (Å²) >= 11 is 0. The maximum Gasteiger partial charge on any atom is 0.293 e. The number of nitro benzene ring substituents is 1. The van der Waals surface area contributed by atoms with Crippen LogP contribution in [0, 0.1) is 21.4 Å². The normalized spacial score (nSPS) is 21.2. The van der Waals surface area contributed by atoms with Crippen LogP contribution in [-0.2, 0) is 0 Å². The van der Waals surface area contributed by atoms with E-state index >= 15 is 0 Å².